The van der Waals surface area contributed by atoms with Gasteiger partial charge in [-0.25, -0.2) is 4.39 Å². The molecule has 1 aromatic carbocycles. The molecule has 1 aromatic rings. The van der Waals surface area contributed by atoms with E-state index in [9.17, 15) is 9.18 Å². The molecule has 0 saturated carbocycles. The maximum Gasteiger partial charge on any atom is 0.313 e. The van der Waals surface area contributed by atoms with E-state index in [1.807, 2.05) is 13.8 Å². The number of benzene rings is 1. The number of nitrogens with two attached hydrogens (primary N) is 1. The zero-order chi connectivity index (χ0) is 16.0. The van der Waals surface area contributed by atoms with Gasteiger partial charge in [0.05, 0.1) is 19.1 Å². The Kier molecular flexibility index (Phi) is 6.15. The van der Waals surface area contributed by atoms with Gasteiger partial charge in [-0.05, 0) is 37.0 Å². The van der Waals surface area contributed by atoms with Crippen LogP contribution in [0.2, 0.25) is 0 Å². The van der Waals surface area contributed by atoms with Gasteiger partial charge in [-0.2, -0.15) is 0 Å². The number of hydrogen-bond donors (Lipinski definition) is 1. The lowest BCUT2D eigenvalue weighted by molar-refractivity contribution is -0.157. The number of esters is 1. The summed E-state index contributed by atoms with van der Waals surface area (Å²) in [6.45, 7) is 6.04. The molecule has 0 fully saturated rings. The fourth-order valence-electron chi connectivity index (χ4n) is 2.36. The number of hydrogen-bond acceptors (Lipinski definition) is 4. The third kappa shape index (κ3) is 3.73. The van der Waals surface area contributed by atoms with E-state index < -0.39 is 11.2 Å². The average molecular weight is 297 g/mol. The molecule has 0 aliphatic carbocycles. The number of methoxy groups -OCH3 is 1. The van der Waals surface area contributed by atoms with Gasteiger partial charge in [0.25, 0.3) is 0 Å². The first kappa shape index (κ1) is 17.4. The highest BCUT2D eigenvalue weighted by molar-refractivity contribution is 5.78. The summed E-state index contributed by atoms with van der Waals surface area (Å²) in [4.78, 5) is 12.3. The number of ether oxygens (including phenoxy) is 2. The smallest absolute Gasteiger partial charge is 0.313 e. The molecule has 1 rings (SSSR count). The van der Waals surface area contributed by atoms with Gasteiger partial charge in [-0.3, -0.25) is 4.79 Å². The first-order valence-corrected chi connectivity index (χ1v) is 7.11. The minimum absolute atomic E-state index is 0.0216. The molecule has 0 aliphatic rings. The molecule has 21 heavy (non-hydrogen) atoms. The Morgan fingerprint density at radius 1 is 1.43 bits per heavy atom. The Morgan fingerprint density at radius 3 is 2.52 bits per heavy atom. The molecule has 118 valence electrons. The van der Waals surface area contributed by atoms with Crippen LogP contribution in [0.25, 0.3) is 0 Å². The van der Waals surface area contributed by atoms with E-state index in [0.717, 1.165) is 0 Å². The van der Waals surface area contributed by atoms with Gasteiger partial charge in [-0.1, -0.05) is 19.9 Å². The third-order valence-corrected chi connectivity index (χ3v) is 3.89. The summed E-state index contributed by atoms with van der Waals surface area (Å²) in [6, 6.07) is 4.68. The Balaban J connectivity index is 3.12. The maximum absolute atomic E-state index is 13.8. The lowest BCUT2D eigenvalue weighted by Crippen LogP contribution is -2.46. The molecule has 0 bridgehead atoms. The molecular formula is C16H24FNO3. The minimum atomic E-state index is -0.850. The highest BCUT2D eigenvalue weighted by Gasteiger charge is 2.42. The molecule has 0 radical (unpaired) electrons. The van der Waals surface area contributed by atoms with E-state index >= 15 is 0 Å². The van der Waals surface area contributed by atoms with Crippen LogP contribution in [0.4, 0.5) is 4.39 Å². The van der Waals surface area contributed by atoms with Crippen molar-refractivity contribution in [2.24, 2.45) is 17.1 Å². The topological polar surface area (TPSA) is 61.5 Å². The maximum atomic E-state index is 13.8. The van der Waals surface area contributed by atoms with Crippen LogP contribution in [0.3, 0.4) is 0 Å². The number of carbonyl (C=O) groups is 1. The quantitative estimate of drug-likeness (QED) is 0.786. The molecule has 0 heterocycles. The predicted octanol–water partition coefficient (Wildman–Crippen LogP) is 2.54. The van der Waals surface area contributed by atoms with Gasteiger partial charge >= 0.3 is 5.97 Å². The third-order valence-electron chi connectivity index (χ3n) is 3.89. The normalized spacial score (nSPS) is 13.9. The summed E-state index contributed by atoms with van der Waals surface area (Å²) in [5, 5.41) is 0. The monoisotopic (exact) mass is 297 g/mol. The van der Waals surface area contributed by atoms with Crippen LogP contribution in [0, 0.1) is 17.2 Å². The molecule has 5 heteroatoms. The lowest BCUT2D eigenvalue weighted by atomic mass is 9.72. The lowest BCUT2D eigenvalue weighted by Gasteiger charge is -2.34. The molecule has 0 spiro atoms. The van der Waals surface area contributed by atoms with Crippen molar-refractivity contribution in [3.8, 4) is 5.75 Å². The standard InChI is InChI=1S/C16H24FNO3/c1-5-21-15(19)16(10-18,11(2)3)9-12-6-7-14(20-4)13(17)8-12/h6-8,11H,5,9-10,18H2,1-4H3. The molecule has 2 N–H and O–H groups in total. The van der Waals surface area contributed by atoms with Crippen molar-refractivity contribution in [3.63, 3.8) is 0 Å². The van der Waals surface area contributed by atoms with Crippen molar-refractivity contribution in [2.75, 3.05) is 20.3 Å². The molecule has 4 nitrogen and oxygen atoms in total. The van der Waals surface area contributed by atoms with Crippen molar-refractivity contribution >= 4 is 5.97 Å². The van der Waals surface area contributed by atoms with E-state index in [-0.39, 0.29) is 24.2 Å². The van der Waals surface area contributed by atoms with E-state index in [1.54, 1.807) is 19.1 Å². The Bertz CT molecular complexity index is 490. The number of rotatable bonds is 7. The second kappa shape index (κ2) is 7.41. The Morgan fingerprint density at radius 2 is 2.10 bits per heavy atom. The Labute approximate surface area is 125 Å². The first-order valence-electron chi connectivity index (χ1n) is 7.11. The van der Waals surface area contributed by atoms with Gasteiger partial charge in [-0.15, -0.1) is 0 Å². The van der Waals surface area contributed by atoms with Crippen LogP contribution < -0.4 is 10.5 Å². The van der Waals surface area contributed by atoms with Gasteiger partial charge in [0.1, 0.15) is 0 Å². The van der Waals surface area contributed by atoms with Crippen LogP contribution in [0.15, 0.2) is 18.2 Å². The second-order valence-corrected chi connectivity index (χ2v) is 5.38. The summed E-state index contributed by atoms with van der Waals surface area (Å²) < 4.78 is 23.9. The molecule has 0 saturated heterocycles. The molecule has 1 unspecified atom stereocenters. The zero-order valence-corrected chi connectivity index (χ0v) is 13.1. The SMILES string of the molecule is CCOC(=O)C(CN)(Cc1ccc(OC)c(F)c1)C(C)C. The highest BCUT2D eigenvalue weighted by Crippen LogP contribution is 2.33. The van der Waals surface area contributed by atoms with Crippen molar-refractivity contribution in [2.45, 2.75) is 27.2 Å². The summed E-state index contributed by atoms with van der Waals surface area (Å²) >= 11 is 0. The van der Waals surface area contributed by atoms with Crippen LogP contribution in [0.1, 0.15) is 26.3 Å². The average Bonchev–Trinajstić information content (AvgIpc) is 2.44. The summed E-state index contributed by atoms with van der Waals surface area (Å²) in [6.07, 6.45) is 0.334. The van der Waals surface area contributed by atoms with Gasteiger partial charge in [0, 0.05) is 6.54 Å². The van der Waals surface area contributed by atoms with Crippen LogP contribution in [-0.4, -0.2) is 26.2 Å². The summed E-state index contributed by atoms with van der Waals surface area (Å²) in [7, 11) is 1.41. The molecule has 1 atom stereocenters. The van der Waals surface area contributed by atoms with Gasteiger partial charge in [0.2, 0.25) is 0 Å². The van der Waals surface area contributed by atoms with Crippen molar-refractivity contribution in [1.82, 2.24) is 0 Å². The van der Waals surface area contributed by atoms with Crippen molar-refractivity contribution < 1.29 is 18.7 Å². The van der Waals surface area contributed by atoms with E-state index in [1.165, 1.54) is 13.2 Å². The fraction of sp³-hybridized carbons (Fsp3) is 0.562. The molecule has 0 aromatic heterocycles. The van der Waals surface area contributed by atoms with Crippen LogP contribution in [0.5, 0.6) is 5.75 Å². The minimum Gasteiger partial charge on any atom is -0.494 e. The highest BCUT2D eigenvalue weighted by atomic mass is 19.1. The predicted molar refractivity (Wildman–Crippen MR) is 79.6 cm³/mol. The van der Waals surface area contributed by atoms with E-state index in [4.69, 9.17) is 15.2 Å². The largest absolute Gasteiger partial charge is 0.494 e. The number of carbonyl (C=O) groups excluding carboxylic acids is 1. The number of halogens is 1. The van der Waals surface area contributed by atoms with Crippen molar-refractivity contribution in [3.05, 3.63) is 29.6 Å². The van der Waals surface area contributed by atoms with Gasteiger partial charge < -0.3 is 15.2 Å². The van der Waals surface area contributed by atoms with E-state index in [0.29, 0.717) is 18.6 Å². The summed E-state index contributed by atoms with van der Waals surface area (Å²) in [5.41, 5.74) is 5.71. The van der Waals surface area contributed by atoms with E-state index in [2.05, 4.69) is 0 Å². The molecule has 0 amide bonds. The fourth-order valence-corrected chi connectivity index (χ4v) is 2.36. The summed E-state index contributed by atoms with van der Waals surface area (Å²) in [5.74, 6) is -0.628. The molecular weight excluding hydrogens is 273 g/mol. The van der Waals surface area contributed by atoms with Crippen LogP contribution in [-0.2, 0) is 16.0 Å². The zero-order valence-electron chi connectivity index (χ0n) is 13.1. The van der Waals surface area contributed by atoms with Crippen LogP contribution >= 0.6 is 0 Å². The van der Waals surface area contributed by atoms with Gasteiger partial charge in [0.15, 0.2) is 11.6 Å². The van der Waals surface area contributed by atoms with Crippen molar-refractivity contribution in [1.29, 1.82) is 0 Å². The molecule has 0 aliphatic heterocycles. The second-order valence-electron chi connectivity index (χ2n) is 5.38. The Hall–Kier alpha value is -1.62. The first-order chi connectivity index (χ1) is 9.91.